The number of hydrogen-bond donors (Lipinski definition) is 1. The third-order valence-electron chi connectivity index (χ3n) is 6.70. The molecule has 0 saturated heterocycles. The number of hydrogen-bond acceptors (Lipinski definition) is 0. The zero-order chi connectivity index (χ0) is 21.2. The molecule has 0 aliphatic heterocycles. The van der Waals surface area contributed by atoms with Crippen molar-refractivity contribution in [1.82, 2.24) is 4.98 Å². The maximum absolute atomic E-state index is 3.59. The summed E-state index contributed by atoms with van der Waals surface area (Å²) in [6, 6.07) is 22.1. The largest absolute Gasteiger partial charge is 0.258 e. The molecule has 160 valence electrons. The summed E-state index contributed by atoms with van der Waals surface area (Å²) < 4.78 is 2.29. The molecule has 0 fully saturated rings. The zero-order valence-electron chi connectivity index (χ0n) is 19.1. The highest BCUT2D eigenvalue weighted by Crippen LogP contribution is 2.43. The number of nitrogens with one attached hydrogen (secondary N) is 1. The van der Waals surface area contributed by atoms with E-state index in [0.29, 0.717) is 5.92 Å². The molecule has 30 heavy (non-hydrogen) atoms. The molecule has 2 aromatic carbocycles. The Hall–Kier alpha value is -2.35. The highest BCUT2D eigenvalue weighted by molar-refractivity contribution is 5.32. The fraction of sp³-hybridized carbons (Fsp3) is 0.464. The van der Waals surface area contributed by atoms with Gasteiger partial charge in [0.2, 0.25) is 0 Å². The molecule has 0 aliphatic carbocycles. The van der Waals surface area contributed by atoms with Crippen molar-refractivity contribution in [2.24, 2.45) is 7.05 Å². The van der Waals surface area contributed by atoms with E-state index in [1.165, 1.54) is 61.9 Å². The molecule has 2 heteroatoms. The lowest BCUT2D eigenvalue weighted by Crippen LogP contribution is -2.41. The Bertz CT molecular complexity index is 853. The number of benzene rings is 2. The van der Waals surface area contributed by atoms with Crippen LogP contribution in [0.2, 0.25) is 0 Å². The number of imidazole rings is 1. The van der Waals surface area contributed by atoms with Crippen molar-refractivity contribution in [2.75, 3.05) is 0 Å². The summed E-state index contributed by atoms with van der Waals surface area (Å²) in [4.78, 5) is 3.59. The average molecular weight is 404 g/mol. The molecule has 2 unspecified atom stereocenters. The predicted molar refractivity (Wildman–Crippen MR) is 127 cm³/mol. The molecular weight excluding hydrogens is 364 g/mol. The Balaban J connectivity index is 1.91. The number of unbranched alkanes of at least 4 members (excludes halogenated alkanes) is 5. The Kier molecular flexibility index (Phi) is 8.30. The quantitative estimate of drug-likeness (QED) is 0.251. The van der Waals surface area contributed by atoms with Gasteiger partial charge in [-0.3, -0.25) is 0 Å². The second-order valence-electron chi connectivity index (χ2n) is 9.01. The van der Waals surface area contributed by atoms with E-state index in [1.807, 2.05) is 0 Å². The lowest BCUT2D eigenvalue weighted by Gasteiger charge is -2.37. The van der Waals surface area contributed by atoms with Crippen molar-refractivity contribution in [3.63, 3.8) is 0 Å². The van der Waals surface area contributed by atoms with Crippen LogP contribution < -0.4 is 4.57 Å². The molecule has 0 radical (unpaired) electrons. The molecule has 0 spiro atoms. The smallest absolute Gasteiger partial charge is 0.247 e. The standard InChI is InChI=1S/C28H38N2/c1-4-5-6-7-8-15-20-26(27-29-21-22-30(27)3)28(2,25-18-13-10-14-19-25)23-24-16-11-9-12-17-24/h9-14,16-19,21-22,26H,4-8,15,20,23H2,1-3H3/p+1. The molecule has 1 N–H and O–H groups in total. The van der Waals surface area contributed by atoms with Gasteiger partial charge in [0.1, 0.15) is 12.4 Å². The van der Waals surface area contributed by atoms with E-state index in [-0.39, 0.29) is 5.41 Å². The minimum atomic E-state index is 0.0225. The first kappa shape index (κ1) is 22.3. The van der Waals surface area contributed by atoms with Crippen LogP contribution in [0.1, 0.15) is 81.7 Å². The normalized spacial score (nSPS) is 14.4. The summed E-state index contributed by atoms with van der Waals surface area (Å²) in [5.41, 5.74) is 2.86. The van der Waals surface area contributed by atoms with Gasteiger partial charge in [0, 0.05) is 5.41 Å². The van der Waals surface area contributed by atoms with E-state index in [9.17, 15) is 0 Å². The van der Waals surface area contributed by atoms with Gasteiger partial charge in [-0.15, -0.1) is 0 Å². The van der Waals surface area contributed by atoms with E-state index in [1.54, 1.807) is 0 Å². The Labute approximate surface area is 183 Å². The van der Waals surface area contributed by atoms with Gasteiger partial charge in [0.05, 0.1) is 13.0 Å². The highest BCUT2D eigenvalue weighted by atomic mass is 15.0. The number of rotatable bonds is 12. The van der Waals surface area contributed by atoms with Gasteiger partial charge in [-0.25, -0.2) is 9.55 Å². The van der Waals surface area contributed by atoms with Crippen LogP contribution in [0.15, 0.2) is 73.1 Å². The summed E-state index contributed by atoms with van der Waals surface area (Å²) >= 11 is 0. The maximum Gasteiger partial charge on any atom is 0.258 e. The van der Waals surface area contributed by atoms with E-state index in [2.05, 4.69) is 104 Å². The number of aromatic nitrogens is 2. The number of aryl methyl sites for hydroxylation is 1. The monoisotopic (exact) mass is 403 g/mol. The summed E-state index contributed by atoms with van der Waals surface area (Å²) in [6.45, 7) is 4.76. The van der Waals surface area contributed by atoms with Crippen molar-refractivity contribution in [1.29, 1.82) is 0 Å². The van der Waals surface area contributed by atoms with Crippen LogP contribution in [0.4, 0.5) is 0 Å². The van der Waals surface area contributed by atoms with E-state index in [0.717, 1.165) is 6.42 Å². The van der Waals surface area contributed by atoms with Crippen LogP contribution in [0.5, 0.6) is 0 Å². The molecule has 0 saturated carbocycles. The molecule has 1 heterocycles. The van der Waals surface area contributed by atoms with Gasteiger partial charge in [-0.05, 0) is 24.0 Å². The van der Waals surface area contributed by atoms with E-state index >= 15 is 0 Å². The van der Waals surface area contributed by atoms with Gasteiger partial charge in [-0.1, -0.05) is 113 Å². The molecule has 0 amide bonds. The Morgan fingerprint density at radius 2 is 1.50 bits per heavy atom. The van der Waals surface area contributed by atoms with Crippen LogP contribution in [0.3, 0.4) is 0 Å². The molecule has 2 nitrogen and oxygen atoms in total. The summed E-state index contributed by atoms with van der Waals surface area (Å²) in [6.07, 6.45) is 14.5. The molecule has 0 bridgehead atoms. The van der Waals surface area contributed by atoms with Crippen molar-refractivity contribution < 1.29 is 4.57 Å². The first-order chi connectivity index (χ1) is 14.6. The lowest BCUT2D eigenvalue weighted by molar-refractivity contribution is -0.679. The average Bonchev–Trinajstić information content (AvgIpc) is 3.20. The SMILES string of the molecule is CCCCCCCCC(c1[nH]cc[n+]1C)C(C)(Cc1ccccc1)c1ccccc1. The summed E-state index contributed by atoms with van der Waals surface area (Å²) in [5, 5.41) is 0. The van der Waals surface area contributed by atoms with E-state index < -0.39 is 0 Å². The first-order valence-electron chi connectivity index (χ1n) is 11.8. The fourth-order valence-corrected chi connectivity index (χ4v) is 4.91. The number of H-pyrrole nitrogens is 1. The summed E-state index contributed by atoms with van der Waals surface area (Å²) in [5.74, 6) is 1.78. The summed E-state index contributed by atoms with van der Waals surface area (Å²) in [7, 11) is 2.17. The van der Waals surface area contributed by atoms with Gasteiger partial charge in [-0.2, -0.15) is 0 Å². The third-order valence-corrected chi connectivity index (χ3v) is 6.70. The minimum absolute atomic E-state index is 0.0225. The number of aromatic amines is 1. The van der Waals surface area contributed by atoms with Gasteiger partial charge >= 0.3 is 0 Å². The molecular formula is C28H39N2+. The zero-order valence-corrected chi connectivity index (χ0v) is 19.1. The number of nitrogens with zero attached hydrogens (tertiary/aromatic N) is 1. The molecule has 1 aromatic heterocycles. The van der Waals surface area contributed by atoms with Gasteiger partial charge < -0.3 is 0 Å². The van der Waals surface area contributed by atoms with Crippen molar-refractivity contribution >= 4 is 0 Å². The second kappa shape index (κ2) is 11.2. The molecule has 2 atom stereocenters. The van der Waals surface area contributed by atoms with Crippen molar-refractivity contribution in [2.45, 2.75) is 76.5 Å². The van der Waals surface area contributed by atoms with E-state index in [4.69, 9.17) is 0 Å². The fourth-order valence-electron chi connectivity index (χ4n) is 4.91. The Morgan fingerprint density at radius 3 is 2.13 bits per heavy atom. The maximum atomic E-state index is 3.59. The molecule has 3 rings (SSSR count). The van der Waals surface area contributed by atoms with Crippen molar-refractivity contribution in [3.05, 3.63) is 90.0 Å². The highest BCUT2D eigenvalue weighted by Gasteiger charge is 2.41. The molecule has 0 aliphatic rings. The molecule has 3 aromatic rings. The van der Waals surface area contributed by atoms with Crippen molar-refractivity contribution in [3.8, 4) is 0 Å². The topological polar surface area (TPSA) is 19.7 Å². The third kappa shape index (κ3) is 5.62. The lowest BCUT2D eigenvalue weighted by atomic mass is 9.66. The van der Waals surface area contributed by atoms with Crippen LogP contribution in [-0.2, 0) is 18.9 Å². The van der Waals surface area contributed by atoms with Crippen LogP contribution in [0, 0.1) is 0 Å². The van der Waals surface area contributed by atoms with Crippen LogP contribution >= 0.6 is 0 Å². The minimum Gasteiger partial charge on any atom is -0.247 e. The second-order valence-corrected chi connectivity index (χ2v) is 9.01. The predicted octanol–water partition coefficient (Wildman–Crippen LogP) is 6.87. The Morgan fingerprint density at radius 1 is 0.867 bits per heavy atom. The van der Waals surface area contributed by atoms with Crippen LogP contribution in [0.25, 0.3) is 0 Å². The first-order valence-corrected chi connectivity index (χ1v) is 11.8. The van der Waals surface area contributed by atoms with Gasteiger partial charge in [0.25, 0.3) is 5.82 Å². The van der Waals surface area contributed by atoms with Crippen LogP contribution in [-0.4, -0.2) is 4.98 Å². The van der Waals surface area contributed by atoms with Gasteiger partial charge in [0.15, 0.2) is 0 Å².